The third-order valence-corrected chi connectivity index (χ3v) is 6.51. The van der Waals surface area contributed by atoms with Crippen molar-refractivity contribution in [2.24, 2.45) is 5.92 Å². The van der Waals surface area contributed by atoms with E-state index in [2.05, 4.69) is 16.1 Å². The predicted molar refractivity (Wildman–Crippen MR) is 143 cm³/mol. The minimum absolute atomic E-state index is 0.219. The van der Waals surface area contributed by atoms with Crippen molar-refractivity contribution >= 4 is 17.4 Å². The van der Waals surface area contributed by atoms with Gasteiger partial charge in [-0.1, -0.05) is 0 Å². The smallest absolute Gasteiger partial charge is 0.410 e. The molecule has 0 saturated carbocycles. The van der Waals surface area contributed by atoms with Gasteiger partial charge in [-0.15, -0.1) is 0 Å². The van der Waals surface area contributed by atoms with Crippen LogP contribution in [0.5, 0.6) is 5.75 Å². The van der Waals surface area contributed by atoms with Crippen LogP contribution in [0.25, 0.3) is 16.6 Å². The molecule has 4 heterocycles. The van der Waals surface area contributed by atoms with Gasteiger partial charge in [0, 0.05) is 44.0 Å². The number of hydrogen-bond donors (Lipinski definition) is 0. The van der Waals surface area contributed by atoms with E-state index in [1.54, 1.807) is 16.9 Å². The molecule has 1 unspecified atom stereocenters. The van der Waals surface area contributed by atoms with Crippen molar-refractivity contribution in [3.63, 3.8) is 0 Å². The van der Waals surface area contributed by atoms with E-state index >= 15 is 0 Å². The summed E-state index contributed by atoms with van der Waals surface area (Å²) >= 11 is 0. The van der Waals surface area contributed by atoms with Gasteiger partial charge in [-0.25, -0.2) is 14.3 Å². The van der Waals surface area contributed by atoms with E-state index in [0.29, 0.717) is 23.8 Å². The fraction of sp³-hybridized carbons (Fsp3) is 0.500. The van der Waals surface area contributed by atoms with Crippen LogP contribution >= 0.6 is 0 Å². The van der Waals surface area contributed by atoms with Crippen molar-refractivity contribution in [1.29, 1.82) is 5.26 Å². The Morgan fingerprint density at radius 1 is 1.30 bits per heavy atom. The molecule has 0 aromatic carbocycles. The lowest BCUT2D eigenvalue weighted by Crippen LogP contribution is -2.43. The number of aromatic nitrogens is 3. The number of anilines is 1. The molecule has 9 nitrogen and oxygen atoms in total. The molecule has 1 amide bonds. The molecule has 9 heteroatoms. The molecule has 0 radical (unpaired) electrons. The van der Waals surface area contributed by atoms with E-state index in [1.807, 2.05) is 64.0 Å². The first kappa shape index (κ1) is 26.3. The Morgan fingerprint density at radius 2 is 2.11 bits per heavy atom. The number of pyridine rings is 2. The number of carbonyl (C=O) groups is 1. The van der Waals surface area contributed by atoms with E-state index in [4.69, 9.17) is 14.5 Å². The number of amides is 1. The summed E-state index contributed by atoms with van der Waals surface area (Å²) < 4.78 is 13.0. The van der Waals surface area contributed by atoms with Crippen molar-refractivity contribution in [2.75, 3.05) is 38.2 Å². The van der Waals surface area contributed by atoms with E-state index in [-0.39, 0.29) is 6.09 Å². The van der Waals surface area contributed by atoms with E-state index in [1.165, 1.54) is 0 Å². The van der Waals surface area contributed by atoms with Gasteiger partial charge in [-0.2, -0.15) is 10.4 Å². The van der Waals surface area contributed by atoms with Crippen LogP contribution in [0, 0.1) is 17.2 Å². The monoisotopic (exact) mass is 504 g/mol. The maximum Gasteiger partial charge on any atom is 0.410 e. The van der Waals surface area contributed by atoms with Crippen LogP contribution in [-0.2, 0) is 4.74 Å². The van der Waals surface area contributed by atoms with Crippen LogP contribution < -0.4 is 9.64 Å². The number of nitrogens with zero attached hydrogens (tertiary/aromatic N) is 6. The molecule has 0 spiro atoms. The predicted octanol–water partition coefficient (Wildman–Crippen LogP) is 5.14. The molecule has 4 rings (SSSR count). The third kappa shape index (κ3) is 6.31. The molecular formula is C28H36N6O3. The zero-order valence-corrected chi connectivity index (χ0v) is 22.4. The van der Waals surface area contributed by atoms with Crippen molar-refractivity contribution in [1.82, 2.24) is 19.5 Å². The van der Waals surface area contributed by atoms with Crippen LogP contribution in [0.4, 0.5) is 10.6 Å². The molecule has 1 aliphatic rings. The Hall–Kier alpha value is -3.80. The van der Waals surface area contributed by atoms with E-state index in [0.717, 1.165) is 61.4 Å². The summed E-state index contributed by atoms with van der Waals surface area (Å²) in [6.45, 7) is 10.5. The molecule has 0 bridgehead atoms. The summed E-state index contributed by atoms with van der Waals surface area (Å²) in [5.74, 6) is 1.99. The molecule has 1 atom stereocenters. The molecule has 1 saturated heterocycles. The Bertz CT molecular complexity index is 1270. The number of likely N-dealkylation sites (tertiary alicyclic amines) is 1. The van der Waals surface area contributed by atoms with Gasteiger partial charge in [0.25, 0.3) is 0 Å². The Labute approximate surface area is 218 Å². The number of piperidine rings is 1. The first-order valence-corrected chi connectivity index (χ1v) is 12.9. The highest BCUT2D eigenvalue weighted by molar-refractivity contribution is 5.85. The Balaban J connectivity index is 1.43. The van der Waals surface area contributed by atoms with Crippen LogP contribution in [0.3, 0.4) is 0 Å². The van der Waals surface area contributed by atoms with E-state index in [9.17, 15) is 10.1 Å². The number of fused-ring (bicyclic) bond motifs is 1. The Kier molecular flexibility index (Phi) is 7.86. The number of carbonyl (C=O) groups excluding carboxylic acids is 1. The van der Waals surface area contributed by atoms with Crippen molar-refractivity contribution in [3.8, 4) is 22.9 Å². The van der Waals surface area contributed by atoms with Crippen LogP contribution in [-0.4, -0.2) is 64.5 Å². The van der Waals surface area contributed by atoms with Gasteiger partial charge in [0.15, 0.2) is 0 Å². The highest BCUT2D eigenvalue weighted by Gasteiger charge is 2.27. The average molecular weight is 505 g/mol. The molecule has 3 aromatic heterocycles. The molecule has 196 valence electrons. The van der Waals surface area contributed by atoms with Gasteiger partial charge >= 0.3 is 6.09 Å². The first-order valence-electron chi connectivity index (χ1n) is 12.9. The number of nitriles is 1. The van der Waals surface area contributed by atoms with Gasteiger partial charge in [0.05, 0.1) is 30.1 Å². The molecule has 0 aliphatic carbocycles. The van der Waals surface area contributed by atoms with Crippen LogP contribution in [0.15, 0.2) is 36.8 Å². The average Bonchev–Trinajstić information content (AvgIpc) is 3.29. The van der Waals surface area contributed by atoms with Gasteiger partial charge in [-0.3, -0.25) is 0 Å². The molecule has 0 N–H and O–H groups in total. The second kappa shape index (κ2) is 11.1. The zero-order chi connectivity index (χ0) is 26.6. The second-order valence-electron chi connectivity index (χ2n) is 10.5. The minimum Gasteiger partial charge on any atom is -0.492 e. The largest absolute Gasteiger partial charge is 0.492 e. The summed E-state index contributed by atoms with van der Waals surface area (Å²) in [6.07, 6.45) is 8.04. The SMILES string of the molecule is CCOc1cc(-c2ccc(N(C)CCC3CCCN(C(=O)OC(C)(C)C)C3)nc2)c2c(C#N)cnn2c1. The molecule has 3 aromatic rings. The zero-order valence-electron chi connectivity index (χ0n) is 22.4. The van der Waals surface area contributed by atoms with Crippen LogP contribution in [0.1, 0.15) is 52.5 Å². The number of rotatable bonds is 7. The summed E-state index contributed by atoms with van der Waals surface area (Å²) in [4.78, 5) is 21.2. The highest BCUT2D eigenvalue weighted by atomic mass is 16.6. The first-order chi connectivity index (χ1) is 17.7. The topological polar surface area (TPSA) is 96.0 Å². The van der Waals surface area contributed by atoms with Gasteiger partial charge < -0.3 is 19.3 Å². The van der Waals surface area contributed by atoms with Crippen molar-refractivity contribution < 1.29 is 14.3 Å². The lowest BCUT2D eigenvalue weighted by atomic mass is 9.95. The summed E-state index contributed by atoms with van der Waals surface area (Å²) in [6, 6.07) is 8.17. The van der Waals surface area contributed by atoms with Gasteiger partial charge in [-0.05, 0) is 71.1 Å². The van der Waals surface area contributed by atoms with Crippen molar-refractivity contribution in [2.45, 2.75) is 52.6 Å². The fourth-order valence-corrected chi connectivity index (χ4v) is 4.70. The van der Waals surface area contributed by atoms with Gasteiger partial charge in [0.2, 0.25) is 0 Å². The highest BCUT2D eigenvalue weighted by Crippen LogP contribution is 2.31. The minimum atomic E-state index is -0.480. The number of ether oxygens (including phenoxy) is 2. The Morgan fingerprint density at radius 3 is 2.78 bits per heavy atom. The maximum absolute atomic E-state index is 12.5. The lowest BCUT2D eigenvalue weighted by molar-refractivity contribution is 0.0163. The standard InChI is InChI=1S/C28H36N6O3/c1-6-36-23-14-24(26-22(15-29)17-31-34(26)19-23)21-9-10-25(30-16-21)32(5)13-11-20-8-7-12-33(18-20)27(35)37-28(2,3)4/h9-10,14,16-17,19-20H,6-8,11-13,18H2,1-5H3. The van der Waals surface area contributed by atoms with Crippen molar-refractivity contribution in [3.05, 3.63) is 42.4 Å². The molecule has 1 fully saturated rings. The number of hydrogen-bond acceptors (Lipinski definition) is 7. The van der Waals surface area contributed by atoms with Crippen LogP contribution in [0.2, 0.25) is 0 Å². The van der Waals surface area contributed by atoms with E-state index < -0.39 is 5.60 Å². The van der Waals surface area contributed by atoms with Gasteiger partial charge in [0.1, 0.15) is 23.2 Å². The maximum atomic E-state index is 12.5. The molecule has 37 heavy (non-hydrogen) atoms. The lowest BCUT2D eigenvalue weighted by Gasteiger charge is -2.34. The fourth-order valence-electron chi connectivity index (χ4n) is 4.70. The molecule has 1 aliphatic heterocycles. The quantitative estimate of drug-likeness (QED) is 0.439. The summed E-state index contributed by atoms with van der Waals surface area (Å²) in [5, 5.41) is 13.9. The third-order valence-electron chi connectivity index (χ3n) is 6.51. The summed E-state index contributed by atoms with van der Waals surface area (Å²) in [7, 11) is 2.04. The molecular weight excluding hydrogens is 468 g/mol. The second-order valence-corrected chi connectivity index (χ2v) is 10.5. The normalized spacial score (nSPS) is 15.9. The summed E-state index contributed by atoms with van der Waals surface area (Å²) in [5.41, 5.74) is 2.51.